The summed E-state index contributed by atoms with van der Waals surface area (Å²) in [7, 11) is 0. The van der Waals surface area contributed by atoms with Crippen LogP contribution in [-0.2, 0) is 4.79 Å². The first-order valence-corrected chi connectivity index (χ1v) is 8.01. The normalized spacial score (nSPS) is 16.8. The molecule has 0 bridgehead atoms. The summed E-state index contributed by atoms with van der Waals surface area (Å²) in [6.45, 7) is 0. The molecule has 0 aromatic carbocycles. The molecule has 3 rings (SSSR count). The van der Waals surface area contributed by atoms with E-state index in [0.717, 1.165) is 22.5 Å². The van der Waals surface area contributed by atoms with Crippen LogP contribution in [0.25, 0.3) is 6.08 Å². The smallest absolute Gasteiger partial charge is 0.285 e. The molecule has 1 aliphatic rings. The van der Waals surface area contributed by atoms with Gasteiger partial charge < -0.3 is 4.98 Å². The summed E-state index contributed by atoms with van der Waals surface area (Å²) in [5.41, 5.74) is 3.34. The fourth-order valence-electron chi connectivity index (χ4n) is 1.70. The molecule has 2 amide bonds. The van der Waals surface area contributed by atoms with E-state index in [-0.39, 0.29) is 11.8 Å². The van der Waals surface area contributed by atoms with E-state index >= 15 is 0 Å². The van der Waals surface area contributed by atoms with Gasteiger partial charge in [0.25, 0.3) is 11.8 Å². The number of carbonyl (C=O) groups is 2. The van der Waals surface area contributed by atoms with Gasteiger partial charge in [0.15, 0.2) is 4.32 Å². The van der Waals surface area contributed by atoms with Gasteiger partial charge in [-0.25, -0.2) is 0 Å². The monoisotopic (exact) mass is 335 g/mol. The van der Waals surface area contributed by atoms with Gasteiger partial charge in [0.05, 0.1) is 9.78 Å². The molecule has 1 fully saturated rings. The first-order chi connectivity index (χ1) is 10.1. The Morgan fingerprint density at radius 1 is 1.38 bits per heavy atom. The highest BCUT2D eigenvalue weighted by Crippen LogP contribution is 2.31. The van der Waals surface area contributed by atoms with Gasteiger partial charge in [-0.3, -0.25) is 15.0 Å². The minimum absolute atomic E-state index is 0.308. The zero-order chi connectivity index (χ0) is 14.8. The number of amides is 2. The van der Waals surface area contributed by atoms with Crippen LogP contribution in [0.4, 0.5) is 0 Å². The van der Waals surface area contributed by atoms with Crippen molar-refractivity contribution in [3.05, 3.63) is 51.3 Å². The zero-order valence-electron chi connectivity index (χ0n) is 10.5. The number of rotatable bonds is 3. The maximum Gasteiger partial charge on any atom is 0.285 e. The number of thiophene rings is 1. The third-order valence-corrected chi connectivity index (χ3v) is 4.83. The van der Waals surface area contributed by atoms with Gasteiger partial charge in [0.2, 0.25) is 0 Å². The number of carbonyl (C=O) groups excluding carboxylic acids is 2. The molecule has 3 heterocycles. The molecule has 0 atom stereocenters. The average Bonchev–Trinajstić information content (AvgIpc) is 3.18. The summed E-state index contributed by atoms with van der Waals surface area (Å²) in [5, 5.41) is 2.90. The van der Waals surface area contributed by atoms with Gasteiger partial charge in [-0.1, -0.05) is 17.8 Å². The Balaban J connectivity index is 1.77. The molecule has 2 N–H and O–H groups in total. The van der Waals surface area contributed by atoms with Gasteiger partial charge in [-0.2, -0.15) is 5.01 Å². The molecule has 0 radical (unpaired) electrons. The number of nitrogens with zero attached hydrogens (tertiary/aromatic N) is 1. The highest BCUT2D eigenvalue weighted by molar-refractivity contribution is 8.26. The second-order valence-electron chi connectivity index (χ2n) is 4.06. The molecule has 21 heavy (non-hydrogen) atoms. The zero-order valence-corrected chi connectivity index (χ0v) is 13.0. The summed E-state index contributed by atoms with van der Waals surface area (Å²) in [6.07, 6.45) is 3.47. The van der Waals surface area contributed by atoms with Crippen molar-refractivity contribution in [2.75, 3.05) is 0 Å². The van der Waals surface area contributed by atoms with E-state index in [1.165, 1.54) is 11.3 Å². The Morgan fingerprint density at radius 2 is 2.24 bits per heavy atom. The third kappa shape index (κ3) is 2.92. The predicted octanol–water partition coefficient (Wildman–Crippen LogP) is 2.62. The van der Waals surface area contributed by atoms with Crippen LogP contribution in [0.3, 0.4) is 0 Å². The molecule has 0 saturated carbocycles. The van der Waals surface area contributed by atoms with Crippen LogP contribution < -0.4 is 5.43 Å². The summed E-state index contributed by atoms with van der Waals surface area (Å²) >= 11 is 7.60. The van der Waals surface area contributed by atoms with Crippen molar-refractivity contribution in [2.24, 2.45) is 0 Å². The molecule has 0 spiro atoms. The maximum absolute atomic E-state index is 12.3. The van der Waals surface area contributed by atoms with Gasteiger partial charge in [-0.15, -0.1) is 11.3 Å². The number of thioether (sulfide) groups is 1. The second-order valence-corrected chi connectivity index (χ2v) is 6.68. The number of hydrogen-bond donors (Lipinski definition) is 2. The van der Waals surface area contributed by atoms with E-state index < -0.39 is 0 Å². The minimum Gasteiger partial charge on any atom is -0.362 e. The van der Waals surface area contributed by atoms with Gasteiger partial charge in [0.1, 0.15) is 0 Å². The van der Waals surface area contributed by atoms with Crippen molar-refractivity contribution < 1.29 is 9.59 Å². The van der Waals surface area contributed by atoms with Crippen molar-refractivity contribution in [1.29, 1.82) is 0 Å². The van der Waals surface area contributed by atoms with Crippen molar-refractivity contribution in [3.8, 4) is 0 Å². The van der Waals surface area contributed by atoms with E-state index in [1.807, 2.05) is 12.1 Å². The molecule has 8 heteroatoms. The third-order valence-electron chi connectivity index (χ3n) is 2.66. The van der Waals surface area contributed by atoms with Crippen molar-refractivity contribution >= 4 is 57.5 Å². The van der Waals surface area contributed by atoms with E-state index in [1.54, 1.807) is 29.8 Å². The topological polar surface area (TPSA) is 65.2 Å². The first kappa shape index (κ1) is 14.1. The molecular weight excluding hydrogens is 326 g/mol. The molecule has 0 unspecified atom stereocenters. The van der Waals surface area contributed by atoms with E-state index in [2.05, 4.69) is 10.4 Å². The molecule has 106 valence electrons. The Bertz CT molecular complexity index is 720. The van der Waals surface area contributed by atoms with Crippen LogP contribution in [-0.4, -0.2) is 26.1 Å². The number of thiocarbonyl (C=S) groups is 1. The van der Waals surface area contributed by atoms with Crippen molar-refractivity contribution in [2.45, 2.75) is 0 Å². The maximum atomic E-state index is 12.3. The van der Waals surface area contributed by atoms with E-state index in [9.17, 15) is 9.59 Å². The summed E-state index contributed by atoms with van der Waals surface area (Å²) in [6, 6.07) is 7.14. The lowest BCUT2D eigenvalue weighted by atomic mass is 10.3. The fraction of sp³-hybridized carbons (Fsp3) is 0. The number of nitrogens with one attached hydrogen (secondary N) is 2. The first-order valence-electron chi connectivity index (χ1n) is 5.91. The fourth-order valence-corrected chi connectivity index (χ4v) is 3.49. The highest BCUT2D eigenvalue weighted by atomic mass is 32.2. The van der Waals surface area contributed by atoms with Gasteiger partial charge in [-0.05, 0) is 41.9 Å². The van der Waals surface area contributed by atoms with Crippen LogP contribution >= 0.6 is 35.3 Å². The van der Waals surface area contributed by atoms with Gasteiger partial charge in [0, 0.05) is 11.9 Å². The molecule has 2 aromatic heterocycles. The van der Waals surface area contributed by atoms with E-state index in [0.29, 0.717) is 14.1 Å². The lowest BCUT2D eigenvalue weighted by Gasteiger charge is -2.14. The molecule has 1 aliphatic heterocycles. The van der Waals surface area contributed by atoms with Crippen molar-refractivity contribution in [1.82, 2.24) is 15.4 Å². The van der Waals surface area contributed by atoms with Crippen LogP contribution in [0.15, 0.2) is 40.7 Å². The SMILES string of the molecule is O=C(NN1C(=O)/C(=C\c2ccc[nH]2)SC1=S)c1cccs1. The van der Waals surface area contributed by atoms with Crippen molar-refractivity contribution in [3.63, 3.8) is 0 Å². The number of hydrazine groups is 1. The highest BCUT2D eigenvalue weighted by Gasteiger charge is 2.33. The Morgan fingerprint density at radius 3 is 2.90 bits per heavy atom. The molecule has 1 saturated heterocycles. The van der Waals surface area contributed by atoms with Gasteiger partial charge >= 0.3 is 0 Å². The number of aromatic amines is 1. The summed E-state index contributed by atoms with van der Waals surface area (Å²) in [5.74, 6) is -0.674. The molecule has 5 nitrogen and oxygen atoms in total. The predicted molar refractivity (Wildman–Crippen MR) is 87.6 cm³/mol. The Kier molecular flexibility index (Phi) is 3.91. The number of H-pyrrole nitrogens is 1. The Hall–Kier alpha value is -1.90. The Labute approximate surface area is 134 Å². The molecule has 2 aromatic rings. The second kappa shape index (κ2) is 5.84. The standard InChI is InChI=1S/C13H9N3O2S3/c17-11(9-4-2-6-20-9)15-16-12(18)10(21-13(16)19)7-8-3-1-5-14-8/h1-7,14H,(H,15,17)/b10-7+. The lowest BCUT2D eigenvalue weighted by molar-refractivity contribution is -0.123. The van der Waals surface area contributed by atoms with Crippen LogP contribution in [0.5, 0.6) is 0 Å². The quantitative estimate of drug-likeness (QED) is 0.668. The molecular formula is C13H9N3O2S3. The molecule has 0 aliphatic carbocycles. The average molecular weight is 335 g/mol. The van der Waals surface area contributed by atoms with Crippen LogP contribution in [0, 0.1) is 0 Å². The number of hydrogen-bond acceptors (Lipinski definition) is 5. The summed E-state index contributed by atoms with van der Waals surface area (Å²) in [4.78, 5) is 28.2. The minimum atomic E-state index is -0.345. The lowest BCUT2D eigenvalue weighted by Crippen LogP contribution is -2.44. The number of aromatic nitrogens is 1. The van der Waals surface area contributed by atoms with Crippen LogP contribution in [0.2, 0.25) is 0 Å². The largest absolute Gasteiger partial charge is 0.362 e. The van der Waals surface area contributed by atoms with Crippen LogP contribution in [0.1, 0.15) is 15.4 Å². The van der Waals surface area contributed by atoms with E-state index in [4.69, 9.17) is 12.2 Å². The summed E-state index contributed by atoms with van der Waals surface area (Å²) < 4.78 is 0.308.